The van der Waals surface area contributed by atoms with E-state index in [0.29, 0.717) is 5.02 Å². The Bertz CT molecular complexity index is 1060. The summed E-state index contributed by atoms with van der Waals surface area (Å²) >= 11 is 5.91. The lowest BCUT2D eigenvalue weighted by molar-refractivity contribution is 0.0877. The van der Waals surface area contributed by atoms with E-state index in [1.54, 1.807) is 0 Å². The van der Waals surface area contributed by atoms with Gasteiger partial charge in [0.15, 0.2) is 21.4 Å². The molecule has 1 saturated carbocycles. The van der Waals surface area contributed by atoms with Crippen molar-refractivity contribution in [1.82, 2.24) is 0 Å². The fourth-order valence-corrected chi connectivity index (χ4v) is 7.13. The van der Waals surface area contributed by atoms with Crippen molar-refractivity contribution >= 4 is 21.4 Å². The van der Waals surface area contributed by atoms with E-state index in [-0.39, 0.29) is 48.6 Å². The van der Waals surface area contributed by atoms with Gasteiger partial charge in [-0.2, -0.15) is 0 Å². The molecule has 9 heteroatoms. The minimum atomic E-state index is -4.15. The zero-order chi connectivity index (χ0) is 21.0. The third-order valence-corrected chi connectivity index (χ3v) is 9.07. The highest BCUT2D eigenvalue weighted by Gasteiger charge is 2.61. The molecule has 0 aromatic heterocycles. The molecule has 3 atom stereocenters. The number of fused-ring (bicyclic) bond motifs is 3. The Labute approximate surface area is 172 Å². The van der Waals surface area contributed by atoms with Crippen LogP contribution in [0.3, 0.4) is 0 Å². The largest absolute Gasteiger partial charge is 0.490 e. The molecule has 5 nitrogen and oxygen atoms in total. The van der Waals surface area contributed by atoms with E-state index in [2.05, 4.69) is 0 Å². The van der Waals surface area contributed by atoms with E-state index in [0.717, 1.165) is 12.1 Å². The van der Waals surface area contributed by atoms with Gasteiger partial charge in [0.25, 0.3) is 0 Å². The molecule has 0 radical (unpaired) electrons. The fraction of sp³-hybridized carbons (Fsp3) is 0.400. The molecule has 1 heterocycles. The Morgan fingerprint density at radius 3 is 2.41 bits per heavy atom. The summed E-state index contributed by atoms with van der Waals surface area (Å²) in [5.74, 6) is -2.65. The average Bonchev–Trinajstić information content (AvgIpc) is 2.70. The molecule has 0 bridgehead atoms. The fourth-order valence-electron chi connectivity index (χ4n) is 4.67. The van der Waals surface area contributed by atoms with Gasteiger partial charge in [-0.05, 0) is 55.7 Å². The van der Waals surface area contributed by atoms with Crippen molar-refractivity contribution < 1.29 is 21.9 Å². The molecule has 0 saturated heterocycles. The third-order valence-electron chi connectivity index (χ3n) is 6.23. The van der Waals surface area contributed by atoms with Crippen LogP contribution in [0.2, 0.25) is 5.02 Å². The van der Waals surface area contributed by atoms with Gasteiger partial charge in [0.1, 0.15) is 10.6 Å². The zero-order valence-electron chi connectivity index (χ0n) is 15.5. The molecule has 1 fully saturated rings. The van der Waals surface area contributed by atoms with Gasteiger partial charge in [-0.3, -0.25) is 0 Å². The SMILES string of the molecule is NCC1(N)CCC2(S(=O)(=O)c3ccc(Cl)cc3)c3c(F)ccc(F)c3OCC2C1. The van der Waals surface area contributed by atoms with Crippen LogP contribution in [-0.4, -0.2) is 27.1 Å². The lowest BCUT2D eigenvalue weighted by Crippen LogP contribution is -2.61. The van der Waals surface area contributed by atoms with E-state index >= 15 is 4.39 Å². The summed E-state index contributed by atoms with van der Waals surface area (Å²) in [4.78, 5) is -0.0133. The van der Waals surface area contributed by atoms with Crippen LogP contribution < -0.4 is 16.2 Å². The Hall–Kier alpha value is -1.74. The molecule has 1 aliphatic carbocycles. The quantitative estimate of drug-likeness (QED) is 0.761. The molecular weight excluding hydrogens is 422 g/mol. The Kier molecular flexibility index (Phi) is 4.89. The smallest absolute Gasteiger partial charge is 0.188 e. The van der Waals surface area contributed by atoms with Crippen molar-refractivity contribution in [2.24, 2.45) is 17.4 Å². The summed E-state index contributed by atoms with van der Waals surface area (Å²) in [6.45, 7) is 0.0538. The Morgan fingerprint density at radius 2 is 1.76 bits per heavy atom. The van der Waals surface area contributed by atoms with Crippen molar-refractivity contribution in [2.75, 3.05) is 13.2 Å². The number of benzene rings is 2. The van der Waals surface area contributed by atoms with Gasteiger partial charge in [0, 0.05) is 23.0 Å². The second kappa shape index (κ2) is 6.91. The van der Waals surface area contributed by atoms with Crippen LogP contribution in [0.25, 0.3) is 0 Å². The first-order valence-corrected chi connectivity index (χ1v) is 11.1. The lowest BCUT2D eigenvalue weighted by atomic mass is 9.66. The summed E-state index contributed by atoms with van der Waals surface area (Å²) < 4.78 is 61.2. The molecule has 2 aliphatic rings. The number of sulfone groups is 1. The summed E-state index contributed by atoms with van der Waals surface area (Å²) in [6, 6.07) is 7.54. The van der Waals surface area contributed by atoms with Gasteiger partial charge in [0.2, 0.25) is 0 Å². The van der Waals surface area contributed by atoms with Crippen LogP contribution in [0.5, 0.6) is 5.75 Å². The maximum Gasteiger partial charge on any atom is 0.188 e. The number of rotatable bonds is 3. The number of hydrogen-bond acceptors (Lipinski definition) is 5. The lowest BCUT2D eigenvalue weighted by Gasteiger charge is -2.51. The first-order valence-electron chi connectivity index (χ1n) is 9.25. The van der Waals surface area contributed by atoms with Gasteiger partial charge in [0.05, 0.1) is 17.1 Å². The molecule has 2 aromatic rings. The average molecular weight is 443 g/mol. The maximum atomic E-state index is 15.1. The van der Waals surface area contributed by atoms with Gasteiger partial charge in [-0.1, -0.05) is 11.6 Å². The van der Waals surface area contributed by atoms with Crippen LogP contribution in [-0.2, 0) is 14.6 Å². The van der Waals surface area contributed by atoms with Gasteiger partial charge < -0.3 is 16.2 Å². The standard InChI is InChI=1S/C20H21ClF2N2O3S/c21-13-1-3-14(4-2-13)29(26,27)20-8-7-19(25,11-24)9-12(20)10-28-18-16(23)6-5-15(22)17(18)20/h1-6,12H,7-11,24-25H2. The molecule has 4 rings (SSSR count). The van der Waals surface area contributed by atoms with Crippen LogP contribution in [0, 0.1) is 17.6 Å². The van der Waals surface area contributed by atoms with Crippen molar-refractivity contribution in [3.05, 3.63) is 58.6 Å². The molecule has 0 spiro atoms. The predicted octanol–water partition coefficient (Wildman–Crippen LogP) is 3.14. The molecule has 156 valence electrons. The number of hydrogen-bond donors (Lipinski definition) is 2. The number of nitrogens with two attached hydrogens (primary N) is 2. The topological polar surface area (TPSA) is 95.4 Å². The molecule has 1 aliphatic heterocycles. The Balaban J connectivity index is 2.00. The highest BCUT2D eigenvalue weighted by Crippen LogP contribution is 2.57. The monoisotopic (exact) mass is 442 g/mol. The molecule has 0 amide bonds. The predicted molar refractivity (Wildman–Crippen MR) is 105 cm³/mol. The van der Waals surface area contributed by atoms with Crippen LogP contribution in [0.4, 0.5) is 8.78 Å². The normalized spacial score (nSPS) is 28.9. The zero-order valence-corrected chi connectivity index (χ0v) is 17.1. The summed E-state index contributed by atoms with van der Waals surface area (Å²) in [6.07, 6.45) is 0.473. The van der Waals surface area contributed by atoms with E-state index in [1.807, 2.05) is 0 Å². The summed E-state index contributed by atoms with van der Waals surface area (Å²) in [7, 11) is -4.15. The van der Waals surface area contributed by atoms with E-state index in [9.17, 15) is 12.8 Å². The summed E-state index contributed by atoms with van der Waals surface area (Å²) in [5, 5.41) is 0.371. The first-order chi connectivity index (χ1) is 13.6. The van der Waals surface area contributed by atoms with Crippen molar-refractivity contribution in [3.63, 3.8) is 0 Å². The molecular formula is C20H21ClF2N2O3S. The molecule has 2 aromatic carbocycles. The molecule has 4 N–H and O–H groups in total. The van der Waals surface area contributed by atoms with E-state index in [4.69, 9.17) is 27.8 Å². The van der Waals surface area contributed by atoms with Crippen LogP contribution in [0.15, 0.2) is 41.3 Å². The van der Waals surface area contributed by atoms with E-state index < -0.39 is 37.7 Å². The van der Waals surface area contributed by atoms with Crippen LogP contribution in [0.1, 0.15) is 24.8 Å². The number of ether oxygens (including phenoxy) is 1. The molecule has 29 heavy (non-hydrogen) atoms. The van der Waals surface area contributed by atoms with Gasteiger partial charge in [-0.15, -0.1) is 0 Å². The van der Waals surface area contributed by atoms with Crippen molar-refractivity contribution in [2.45, 2.75) is 34.4 Å². The minimum absolute atomic E-state index is 0.00700. The van der Waals surface area contributed by atoms with Crippen molar-refractivity contribution in [1.29, 1.82) is 0 Å². The summed E-state index contributed by atoms with van der Waals surface area (Å²) in [5.41, 5.74) is 11.1. The highest BCUT2D eigenvalue weighted by molar-refractivity contribution is 7.92. The van der Waals surface area contributed by atoms with Gasteiger partial charge in [-0.25, -0.2) is 17.2 Å². The van der Waals surface area contributed by atoms with Crippen molar-refractivity contribution in [3.8, 4) is 5.75 Å². The highest BCUT2D eigenvalue weighted by atomic mass is 35.5. The minimum Gasteiger partial charge on any atom is -0.490 e. The van der Waals surface area contributed by atoms with Gasteiger partial charge >= 0.3 is 0 Å². The second-order valence-electron chi connectivity index (χ2n) is 7.86. The first kappa shape index (κ1) is 20.5. The number of halogens is 3. The van der Waals surface area contributed by atoms with E-state index in [1.165, 1.54) is 24.3 Å². The maximum absolute atomic E-state index is 15.1. The molecule has 3 unspecified atom stereocenters. The third kappa shape index (κ3) is 2.96. The Morgan fingerprint density at radius 1 is 1.10 bits per heavy atom. The van der Waals surface area contributed by atoms with Crippen LogP contribution >= 0.6 is 11.6 Å². The second-order valence-corrected chi connectivity index (χ2v) is 10.5.